The summed E-state index contributed by atoms with van der Waals surface area (Å²) >= 11 is 0. The van der Waals surface area contributed by atoms with Crippen molar-refractivity contribution in [3.8, 4) is 5.75 Å². The summed E-state index contributed by atoms with van der Waals surface area (Å²) in [4.78, 5) is 35.4. The first-order valence-electron chi connectivity index (χ1n) is 7.63. The van der Waals surface area contributed by atoms with Gasteiger partial charge in [-0.2, -0.15) is 0 Å². The van der Waals surface area contributed by atoms with Gasteiger partial charge in [-0.15, -0.1) is 0 Å². The first kappa shape index (κ1) is 18.8. The molecule has 138 valence electrons. The van der Waals surface area contributed by atoms with E-state index in [4.69, 9.17) is 9.15 Å². The molecule has 1 heterocycles. The van der Waals surface area contributed by atoms with Gasteiger partial charge in [0.25, 0.3) is 5.91 Å². The fourth-order valence-corrected chi connectivity index (χ4v) is 2.07. The molecule has 0 saturated carbocycles. The number of carbonyl (C=O) groups is 3. The summed E-state index contributed by atoms with van der Waals surface area (Å²) in [7, 11) is 2.67. The zero-order valence-corrected chi connectivity index (χ0v) is 14.5. The Bertz CT molecular complexity index is 788. The van der Waals surface area contributed by atoms with Crippen LogP contribution in [-0.4, -0.2) is 38.2 Å². The van der Waals surface area contributed by atoms with E-state index in [1.54, 1.807) is 18.2 Å². The van der Waals surface area contributed by atoms with Gasteiger partial charge in [-0.05, 0) is 37.3 Å². The van der Waals surface area contributed by atoms with E-state index in [0.29, 0.717) is 17.1 Å². The van der Waals surface area contributed by atoms with Crippen LogP contribution in [0.5, 0.6) is 5.75 Å². The third-order valence-corrected chi connectivity index (χ3v) is 3.35. The van der Waals surface area contributed by atoms with Crippen LogP contribution in [0.25, 0.3) is 0 Å². The molecule has 2 rings (SSSR count). The molecule has 1 atom stereocenters. The van der Waals surface area contributed by atoms with Crippen molar-refractivity contribution in [2.24, 2.45) is 0 Å². The Morgan fingerprint density at radius 3 is 2.50 bits per heavy atom. The Hall–Kier alpha value is -3.49. The normalized spacial score (nSPS) is 11.2. The quantitative estimate of drug-likeness (QED) is 0.679. The molecular weight excluding hydrogens is 342 g/mol. The van der Waals surface area contributed by atoms with Gasteiger partial charge in [-0.25, -0.2) is 9.59 Å². The maximum Gasteiger partial charge on any atom is 0.328 e. The number of furan rings is 1. The molecule has 2 aromatic rings. The largest absolute Gasteiger partial charge is 0.495 e. The number of rotatable bonds is 6. The molecule has 0 radical (unpaired) electrons. The molecule has 1 aromatic carbocycles. The van der Waals surface area contributed by atoms with Crippen LogP contribution < -0.4 is 20.7 Å². The highest BCUT2D eigenvalue weighted by atomic mass is 16.5. The Morgan fingerprint density at radius 2 is 1.88 bits per heavy atom. The zero-order valence-electron chi connectivity index (χ0n) is 14.5. The number of urea groups is 1. The third-order valence-electron chi connectivity index (χ3n) is 3.35. The topological polar surface area (TPSA) is 119 Å². The number of anilines is 2. The number of amides is 3. The van der Waals surface area contributed by atoms with Crippen LogP contribution >= 0.6 is 0 Å². The van der Waals surface area contributed by atoms with E-state index in [2.05, 4.69) is 20.7 Å². The van der Waals surface area contributed by atoms with Gasteiger partial charge in [0, 0.05) is 5.69 Å². The van der Waals surface area contributed by atoms with E-state index in [9.17, 15) is 14.4 Å². The van der Waals surface area contributed by atoms with Crippen molar-refractivity contribution in [2.75, 3.05) is 24.9 Å². The molecule has 0 aliphatic rings. The van der Waals surface area contributed by atoms with E-state index < -0.39 is 23.9 Å². The lowest BCUT2D eigenvalue weighted by Crippen LogP contribution is -2.41. The van der Waals surface area contributed by atoms with Crippen LogP contribution in [0.2, 0.25) is 0 Å². The van der Waals surface area contributed by atoms with Crippen LogP contribution in [0.4, 0.5) is 16.2 Å². The van der Waals surface area contributed by atoms with Gasteiger partial charge in [0.1, 0.15) is 11.8 Å². The Kier molecular flexibility index (Phi) is 6.20. The van der Waals surface area contributed by atoms with Crippen LogP contribution in [0.1, 0.15) is 17.5 Å². The second kappa shape index (κ2) is 8.56. The number of hydrogen-bond donors (Lipinski definition) is 3. The number of ether oxygens (including phenoxy) is 2. The maximum absolute atomic E-state index is 12.0. The molecular formula is C17H19N3O6. The van der Waals surface area contributed by atoms with Gasteiger partial charge < -0.3 is 29.8 Å². The van der Waals surface area contributed by atoms with Crippen molar-refractivity contribution in [1.29, 1.82) is 0 Å². The summed E-state index contributed by atoms with van der Waals surface area (Å²) in [5.41, 5.74) is 0.725. The molecule has 0 unspecified atom stereocenters. The SMILES string of the molecule is COC(=O)[C@H](C)NC(=O)Nc1cc(NC(=O)c2ccco2)ccc1OC. The Balaban J connectivity index is 2.10. The molecule has 1 aromatic heterocycles. The Labute approximate surface area is 149 Å². The standard InChI is InChI=1S/C17H19N3O6/c1-10(16(22)25-3)18-17(23)20-12-9-11(6-7-13(12)24-2)19-15(21)14-5-4-8-26-14/h4-10H,1-3H3,(H,19,21)(H2,18,20,23)/t10-/m0/s1. The summed E-state index contributed by atoms with van der Waals surface area (Å²) in [5.74, 6) is -0.483. The molecule has 26 heavy (non-hydrogen) atoms. The molecule has 3 amide bonds. The van der Waals surface area contributed by atoms with E-state index in [1.165, 1.54) is 39.5 Å². The second-order valence-corrected chi connectivity index (χ2v) is 5.19. The van der Waals surface area contributed by atoms with Gasteiger partial charge in [-0.1, -0.05) is 0 Å². The number of nitrogens with one attached hydrogen (secondary N) is 3. The fourth-order valence-electron chi connectivity index (χ4n) is 2.07. The molecule has 3 N–H and O–H groups in total. The molecule has 0 aliphatic carbocycles. The highest BCUT2D eigenvalue weighted by Gasteiger charge is 2.17. The van der Waals surface area contributed by atoms with Crippen LogP contribution in [0, 0.1) is 0 Å². The lowest BCUT2D eigenvalue weighted by molar-refractivity contribution is -0.142. The van der Waals surface area contributed by atoms with Crippen LogP contribution in [-0.2, 0) is 9.53 Å². The lowest BCUT2D eigenvalue weighted by Gasteiger charge is -2.15. The molecule has 9 nitrogen and oxygen atoms in total. The first-order chi connectivity index (χ1) is 12.4. The molecule has 9 heteroatoms. The Morgan fingerprint density at radius 1 is 1.12 bits per heavy atom. The maximum atomic E-state index is 12.0. The minimum atomic E-state index is -0.826. The van der Waals surface area contributed by atoms with Crippen molar-refractivity contribution in [1.82, 2.24) is 5.32 Å². The number of carbonyl (C=O) groups excluding carboxylic acids is 3. The van der Waals surface area contributed by atoms with Gasteiger partial charge in [0.2, 0.25) is 0 Å². The molecule has 0 bridgehead atoms. The molecule has 0 spiro atoms. The van der Waals surface area contributed by atoms with E-state index in [0.717, 1.165) is 0 Å². The molecule has 0 aliphatic heterocycles. The minimum Gasteiger partial charge on any atom is -0.495 e. The molecule has 0 saturated heterocycles. The van der Waals surface area contributed by atoms with E-state index in [1.807, 2.05) is 0 Å². The highest BCUT2D eigenvalue weighted by Crippen LogP contribution is 2.28. The smallest absolute Gasteiger partial charge is 0.328 e. The van der Waals surface area contributed by atoms with E-state index in [-0.39, 0.29) is 5.76 Å². The number of benzene rings is 1. The summed E-state index contributed by atoms with van der Waals surface area (Å²) < 4.78 is 14.8. The summed E-state index contributed by atoms with van der Waals surface area (Å²) in [5, 5.41) is 7.64. The first-order valence-corrected chi connectivity index (χ1v) is 7.63. The van der Waals surface area contributed by atoms with Crippen molar-refractivity contribution in [3.63, 3.8) is 0 Å². The monoisotopic (exact) mass is 361 g/mol. The minimum absolute atomic E-state index is 0.153. The van der Waals surface area contributed by atoms with Crippen molar-refractivity contribution in [2.45, 2.75) is 13.0 Å². The predicted molar refractivity (Wildman–Crippen MR) is 93.3 cm³/mol. The summed E-state index contributed by atoms with van der Waals surface area (Å²) in [6.07, 6.45) is 1.39. The average Bonchev–Trinajstić information content (AvgIpc) is 3.16. The highest BCUT2D eigenvalue weighted by molar-refractivity contribution is 6.03. The van der Waals surface area contributed by atoms with Gasteiger partial charge in [0.05, 0.1) is 26.2 Å². The van der Waals surface area contributed by atoms with Gasteiger partial charge in [0.15, 0.2) is 5.76 Å². The van der Waals surface area contributed by atoms with Gasteiger partial charge >= 0.3 is 12.0 Å². The lowest BCUT2D eigenvalue weighted by atomic mass is 10.2. The number of esters is 1. The second-order valence-electron chi connectivity index (χ2n) is 5.19. The van der Waals surface area contributed by atoms with Crippen LogP contribution in [0.15, 0.2) is 41.0 Å². The van der Waals surface area contributed by atoms with Crippen molar-refractivity contribution in [3.05, 3.63) is 42.4 Å². The summed E-state index contributed by atoms with van der Waals surface area (Å²) in [6, 6.07) is 6.38. The number of hydrogen-bond acceptors (Lipinski definition) is 6. The number of methoxy groups -OCH3 is 2. The van der Waals surface area contributed by atoms with Gasteiger partial charge in [-0.3, -0.25) is 4.79 Å². The fraction of sp³-hybridized carbons (Fsp3) is 0.235. The van der Waals surface area contributed by atoms with Crippen molar-refractivity contribution >= 4 is 29.3 Å². The van der Waals surface area contributed by atoms with Crippen LogP contribution in [0.3, 0.4) is 0 Å². The molecule has 0 fully saturated rings. The average molecular weight is 361 g/mol. The zero-order chi connectivity index (χ0) is 19.1. The van der Waals surface area contributed by atoms with E-state index >= 15 is 0 Å². The summed E-state index contributed by atoms with van der Waals surface area (Å²) in [6.45, 7) is 1.49. The predicted octanol–water partition coefficient (Wildman–Crippen LogP) is 2.22. The third kappa shape index (κ3) is 4.76. The van der Waals surface area contributed by atoms with Crippen molar-refractivity contribution < 1.29 is 28.3 Å².